The molecule has 0 spiro atoms. The summed E-state index contributed by atoms with van der Waals surface area (Å²) in [5.74, 6) is 2.35. The first-order chi connectivity index (χ1) is 13.7. The number of hydrogen-bond donors (Lipinski definition) is 2. The first-order valence-corrected chi connectivity index (χ1v) is 9.45. The second-order valence-corrected chi connectivity index (χ2v) is 6.84. The molecule has 0 saturated heterocycles. The van der Waals surface area contributed by atoms with Crippen molar-refractivity contribution in [3.8, 4) is 27.8 Å². The molecule has 0 saturated carbocycles. The third-order valence-electron chi connectivity index (χ3n) is 4.03. The fraction of sp³-hybridized carbons (Fsp3) is 0.158. The molecule has 0 radical (unpaired) electrons. The maximum atomic E-state index is 12.2. The number of H-pyrrole nitrogens is 1. The van der Waals surface area contributed by atoms with Gasteiger partial charge in [-0.25, -0.2) is 4.98 Å². The van der Waals surface area contributed by atoms with Gasteiger partial charge in [-0.05, 0) is 35.7 Å². The number of rotatable bonds is 7. The van der Waals surface area contributed by atoms with Crippen molar-refractivity contribution in [2.75, 3.05) is 13.7 Å². The number of aromatic amines is 1. The highest BCUT2D eigenvalue weighted by Crippen LogP contribution is 2.25. The highest BCUT2D eigenvalue weighted by atomic mass is 32.1. The minimum Gasteiger partial charge on any atom is -0.497 e. The van der Waals surface area contributed by atoms with Crippen LogP contribution in [0.25, 0.3) is 22.0 Å². The summed E-state index contributed by atoms with van der Waals surface area (Å²) in [5.41, 5.74) is 1.14. The van der Waals surface area contributed by atoms with Crippen molar-refractivity contribution in [3.63, 3.8) is 0 Å². The zero-order valence-corrected chi connectivity index (χ0v) is 15.8. The summed E-state index contributed by atoms with van der Waals surface area (Å²) in [5, 5.41) is 15.7. The van der Waals surface area contributed by atoms with E-state index >= 15 is 0 Å². The van der Waals surface area contributed by atoms with Crippen molar-refractivity contribution in [2.45, 2.75) is 6.42 Å². The Kier molecular flexibility index (Phi) is 5.16. The molecule has 0 unspecified atom stereocenters. The third kappa shape index (κ3) is 3.94. The van der Waals surface area contributed by atoms with Crippen LogP contribution in [-0.4, -0.2) is 39.9 Å². The lowest BCUT2D eigenvalue weighted by atomic mass is 10.2. The molecule has 0 aliphatic carbocycles. The molecule has 28 heavy (non-hydrogen) atoms. The van der Waals surface area contributed by atoms with Crippen molar-refractivity contribution in [1.82, 2.24) is 25.7 Å². The molecular formula is C19H17N5O3S. The van der Waals surface area contributed by atoms with E-state index in [1.54, 1.807) is 13.2 Å². The number of benzene rings is 1. The molecule has 1 amide bonds. The Bertz CT molecular complexity index is 1050. The number of carbonyl (C=O) groups excluding carboxylic acids is 1. The van der Waals surface area contributed by atoms with Crippen molar-refractivity contribution in [1.29, 1.82) is 0 Å². The average molecular weight is 395 g/mol. The van der Waals surface area contributed by atoms with E-state index in [4.69, 9.17) is 9.26 Å². The molecule has 9 heteroatoms. The van der Waals surface area contributed by atoms with Crippen molar-refractivity contribution < 1.29 is 14.1 Å². The third-order valence-corrected chi connectivity index (χ3v) is 4.92. The highest BCUT2D eigenvalue weighted by Gasteiger charge is 2.14. The SMILES string of the molecule is COc1ccc(-c2n[nH]c(CCNC(=O)c3cc(-c4cccs4)on3)n2)cc1. The fourth-order valence-electron chi connectivity index (χ4n) is 2.58. The summed E-state index contributed by atoms with van der Waals surface area (Å²) >= 11 is 1.53. The number of aromatic nitrogens is 4. The van der Waals surface area contributed by atoms with E-state index in [-0.39, 0.29) is 11.6 Å². The Morgan fingerprint density at radius 1 is 1.29 bits per heavy atom. The predicted octanol–water partition coefficient (Wildman–Crippen LogP) is 3.17. The molecule has 0 aliphatic rings. The zero-order valence-electron chi connectivity index (χ0n) is 15.0. The Morgan fingerprint density at radius 3 is 2.89 bits per heavy atom. The molecule has 142 valence electrons. The molecule has 4 rings (SSSR count). The first-order valence-electron chi connectivity index (χ1n) is 8.57. The molecule has 2 N–H and O–H groups in total. The number of ether oxygens (including phenoxy) is 1. The molecule has 0 aliphatic heterocycles. The number of nitrogens with zero attached hydrogens (tertiary/aromatic N) is 3. The van der Waals surface area contributed by atoms with Crippen LogP contribution < -0.4 is 10.1 Å². The summed E-state index contributed by atoms with van der Waals surface area (Å²) in [6.45, 7) is 0.400. The second kappa shape index (κ2) is 8.05. The minimum absolute atomic E-state index is 0.250. The predicted molar refractivity (Wildman–Crippen MR) is 104 cm³/mol. The van der Waals surface area contributed by atoms with Crippen LogP contribution in [0.5, 0.6) is 5.75 Å². The Balaban J connectivity index is 1.31. The summed E-state index contributed by atoms with van der Waals surface area (Å²) < 4.78 is 10.4. The molecule has 8 nitrogen and oxygen atoms in total. The number of carbonyl (C=O) groups is 1. The summed E-state index contributed by atoms with van der Waals surface area (Å²) in [6.07, 6.45) is 0.518. The van der Waals surface area contributed by atoms with Crippen molar-refractivity contribution in [2.24, 2.45) is 0 Å². The van der Waals surface area contributed by atoms with Gasteiger partial charge in [-0.3, -0.25) is 9.89 Å². The average Bonchev–Trinajstić information content (AvgIpc) is 3.49. The topological polar surface area (TPSA) is 106 Å². The van der Waals surface area contributed by atoms with Crippen molar-refractivity contribution in [3.05, 3.63) is 59.4 Å². The zero-order chi connectivity index (χ0) is 19.3. The van der Waals surface area contributed by atoms with E-state index < -0.39 is 0 Å². The number of nitrogens with one attached hydrogen (secondary N) is 2. The number of amides is 1. The van der Waals surface area contributed by atoms with Crippen LogP contribution in [0.2, 0.25) is 0 Å². The van der Waals surface area contributed by atoms with Gasteiger partial charge in [0.2, 0.25) is 0 Å². The van der Waals surface area contributed by atoms with E-state index in [1.165, 1.54) is 11.3 Å². The normalized spacial score (nSPS) is 10.8. The van der Waals surface area contributed by atoms with E-state index in [0.29, 0.717) is 30.4 Å². The van der Waals surface area contributed by atoms with Gasteiger partial charge >= 0.3 is 0 Å². The van der Waals surface area contributed by atoms with Gasteiger partial charge in [-0.2, -0.15) is 5.10 Å². The minimum atomic E-state index is -0.290. The lowest BCUT2D eigenvalue weighted by Crippen LogP contribution is -2.26. The van der Waals surface area contributed by atoms with E-state index in [9.17, 15) is 4.79 Å². The van der Waals surface area contributed by atoms with Crippen LogP contribution in [0.4, 0.5) is 0 Å². The van der Waals surface area contributed by atoms with Gasteiger partial charge in [0.1, 0.15) is 11.6 Å². The van der Waals surface area contributed by atoms with Crippen LogP contribution in [0.3, 0.4) is 0 Å². The quantitative estimate of drug-likeness (QED) is 0.498. The summed E-state index contributed by atoms with van der Waals surface area (Å²) in [7, 11) is 1.62. The van der Waals surface area contributed by atoms with Gasteiger partial charge in [0.15, 0.2) is 17.3 Å². The fourth-order valence-corrected chi connectivity index (χ4v) is 3.25. The molecule has 1 aromatic carbocycles. The molecule has 0 fully saturated rings. The van der Waals surface area contributed by atoms with Gasteiger partial charge in [-0.1, -0.05) is 11.2 Å². The molecule has 4 aromatic rings. The van der Waals surface area contributed by atoms with Crippen LogP contribution in [0.1, 0.15) is 16.3 Å². The van der Waals surface area contributed by atoms with Gasteiger partial charge in [0.05, 0.1) is 12.0 Å². The molecule has 3 aromatic heterocycles. The van der Waals surface area contributed by atoms with Crippen LogP contribution in [-0.2, 0) is 6.42 Å². The number of thiophene rings is 1. The molecule has 0 bridgehead atoms. The lowest BCUT2D eigenvalue weighted by molar-refractivity contribution is 0.0945. The van der Waals surface area contributed by atoms with Gasteiger partial charge in [0.25, 0.3) is 5.91 Å². The van der Waals surface area contributed by atoms with Gasteiger partial charge in [-0.15, -0.1) is 11.3 Å². The second-order valence-electron chi connectivity index (χ2n) is 5.89. The van der Waals surface area contributed by atoms with E-state index in [1.807, 2.05) is 41.8 Å². The Labute approximate surface area is 164 Å². The smallest absolute Gasteiger partial charge is 0.273 e. The highest BCUT2D eigenvalue weighted by molar-refractivity contribution is 7.13. The first kappa shape index (κ1) is 17.9. The monoisotopic (exact) mass is 395 g/mol. The maximum absolute atomic E-state index is 12.2. The molecule has 3 heterocycles. The summed E-state index contributed by atoms with van der Waals surface area (Å²) in [6, 6.07) is 13.0. The van der Waals surface area contributed by atoms with Crippen LogP contribution in [0.15, 0.2) is 52.4 Å². The van der Waals surface area contributed by atoms with Crippen LogP contribution in [0, 0.1) is 0 Å². The number of hydrogen-bond acceptors (Lipinski definition) is 7. The van der Waals surface area contributed by atoms with E-state index in [2.05, 4.69) is 25.7 Å². The standard InChI is InChI=1S/C19H17N5O3S/c1-26-13-6-4-12(5-7-13)18-21-17(22-23-18)8-9-20-19(25)14-11-15(27-24-14)16-3-2-10-28-16/h2-7,10-11H,8-9H2,1H3,(H,20,25)(H,21,22,23). The largest absolute Gasteiger partial charge is 0.497 e. The van der Waals surface area contributed by atoms with E-state index in [0.717, 1.165) is 16.2 Å². The van der Waals surface area contributed by atoms with Gasteiger partial charge in [0, 0.05) is 24.6 Å². The van der Waals surface area contributed by atoms with Gasteiger partial charge < -0.3 is 14.6 Å². The van der Waals surface area contributed by atoms with Crippen LogP contribution >= 0.6 is 11.3 Å². The lowest BCUT2D eigenvalue weighted by Gasteiger charge is -2.00. The Morgan fingerprint density at radius 2 is 2.14 bits per heavy atom. The maximum Gasteiger partial charge on any atom is 0.273 e. The van der Waals surface area contributed by atoms with Crippen molar-refractivity contribution >= 4 is 17.2 Å². The molecule has 0 atom stereocenters. The Hall–Kier alpha value is -3.46. The molecular weight excluding hydrogens is 378 g/mol. The summed E-state index contributed by atoms with van der Waals surface area (Å²) in [4.78, 5) is 17.6. The number of methoxy groups -OCH3 is 1.